The molecule has 12 heavy (non-hydrogen) atoms. The summed E-state index contributed by atoms with van der Waals surface area (Å²) in [6.45, 7) is 3.98. The molecular weight excluding hydrogens is 218 g/mol. The van der Waals surface area contributed by atoms with E-state index in [-0.39, 0.29) is 0 Å². The van der Waals surface area contributed by atoms with Crippen molar-refractivity contribution in [2.24, 2.45) is 0 Å². The molecule has 0 amide bonds. The fourth-order valence-electron chi connectivity index (χ4n) is 1.30. The summed E-state index contributed by atoms with van der Waals surface area (Å²) < 4.78 is 1.05. The zero-order chi connectivity index (χ0) is 8.55. The molecule has 0 unspecified atom stereocenters. The van der Waals surface area contributed by atoms with Gasteiger partial charge in [0.1, 0.15) is 5.82 Å². The average molecular weight is 228 g/mol. The molecule has 2 rings (SSSR count). The molecule has 0 fully saturated rings. The van der Waals surface area contributed by atoms with Gasteiger partial charge in [0.15, 0.2) is 0 Å². The number of hydrogen-bond acceptors (Lipinski definition) is 3. The maximum atomic E-state index is 4.26. The summed E-state index contributed by atoms with van der Waals surface area (Å²) in [6, 6.07) is 0. The molecule has 0 bridgehead atoms. The van der Waals surface area contributed by atoms with E-state index in [9.17, 15) is 0 Å². The molecule has 4 heteroatoms. The summed E-state index contributed by atoms with van der Waals surface area (Å²) in [6.07, 6.45) is 1.83. The number of rotatable bonds is 0. The highest BCUT2D eigenvalue weighted by atomic mass is 79.9. The third-order valence-corrected chi connectivity index (χ3v) is 2.80. The summed E-state index contributed by atoms with van der Waals surface area (Å²) in [5.41, 5.74) is 2.34. The molecule has 2 heterocycles. The fraction of sp³-hybridized carbons (Fsp3) is 0.375. The second kappa shape index (κ2) is 2.94. The van der Waals surface area contributed by atoms with E-state index >= 15 is 0 Å². The van der Waals surface area contributed by atoms with Crippen molar-refractivity contribution in [2.45, 2.75) is 6.92 Å². The fourth-order valence-corrected chi connectivity index (χ4v) is 1.60. The molecule has 0 aromatic carbocycles. The van der Waals surface area contributed by atoms with Crippen LogP contribution in [0.25, 0.3) is 0 Å². The number of pyridine rings is 1. The number of nitrogens with one attached hydrogen (secondary N) is 2. The first-order valence-corrected chi connectivity index (χ1v) is 4.71. The normalized spacial score (nSPS) is 14.5. The van der Waals surface area contributed by atoms with Crippen LogP contribution in [0.4, 0.5) is 11.5 Å². The van der Waals surface area contributed by atoms with Crippen molar-refractivity contribution in [3.05, 3.63) is 16.2 Å². The topological polar surface area (TPSA) is 37.0 Å². The van der Waals surface area contributed by atoms with Gasteiger partial charge >= 0.3 is 0 Å². The van der Waals surface area contributed by atoms with E-state index in [0.717, 1.165) is 29.1 Å². The van der Waals surface area contributed by atoms with Crippen molar-refractivity contribution < 1.29 is 0 Å². The van der Waals surface area contributed by atoms with Gasteiger partial charge in [-0.3, -0.25) is 0 Å². The SMILES string of the molecule is Cc1c(Br)cnc2c1NCCN2. The third-order valence-electron chi connectivity index (χ3n) is 2.00. The second-order valence-electron chi connectivity index (χ2n) is 2.81. The first kappa shape index (κ1) is 7.86. The summed E-state index contributed by atoms with van der Waals surface area (Å²) in [5.74, 6) is 0.960. The molecule has 1 aromatic rings. The lowest BCUT2D eigenvalue weighted by Crippen LogP contribution is -2.22. The molecule has 64 valence electrons. The molecule has 0 radical (unpaired) electrons. The zero-order valence-corrected chi connectivity index (χ0v) is 8.40. The van der Waals surface area contributed by atoms with Crippen LogP contribution < -0.4 is 10.6 Å². The summed E-state index contributed by atoms with van der Waals surface area (Å²) >= 11 is 3.44. The highest BCUT2D eigenvalue weighted by Gasteiger charge is 2.12. The van der Waals surface area contributed by atoms with Gasteiger partial charge in [-0.2, -0.15) is 0 Å². The van der Waals surface area contributed by atoms with Crippen LogP contribution in [0.5, 0.6) is 0 Å². The lowest BCUT2D eigenvalue weighted by molar-refractivity contribution is 1.01. The molecule has 0 saturated carbocycles. The Bertz CT molecular complexity index is 311. The van der Waals surface area contributed by atoms with Crippen molar-refractivity contribution in [3.63, 3.8) is 0 Å². The van der Waals surface area contributed by atoms with Crippen LogP contribution in [0.15, 0.2) is 10.7 Å². The van der Waals surface area contributed by atoms with Crippen molar-refractivity contribution in [1.29, 1.82) is 0 Å². The summed E-state index contributed by atoms with van der Waals surface area (Å²) in [5, 5.41) is 6.55. The van der Waals surface area contributed by atoms with Gasteiger partial charge in [0.25, 0.3) is 0 Å². The number of nitrogens with zero attached hydrogens (tertiary/aromatic N) is 1. The molecule has 0 atom stereocenters. The number of halogens is 1. The van der Waals surface area contributed by atoms with E-state index in [4.69, 9.17) is 0 Å². The largest absolute Gasteiger partial charge is 0.380 e. The molecule has 0 aliphatic carbocycles. The van der Waals surface area contributed by atoms with Crippen molar-refractivity contribution in [2.75, 3.05) is 23.7 Å². The molecule has 2 N–H and O–H groups in total. The van der Waals surface area contributed by atoms with E-state index in [2.05, 4.69) is 38.5 Å². The van der Waals surface area contributed by atoms with Crippen LogP contribution in [0.3, 0.4) is 0 Å². The number of aromatic nitrogens is 1. The number of fused-ring (bicyclic) bond motifs is 1. The minimum atomic E-state index is 0.946. The van der Waals surface area contributed by atoms with Gasteiger partial charge in [0, 0.05) is 23.8 Å². The molecule has 1 aliphatic rings. The standard InChI is InChI=1S/C8H10BrN3/c1-5-6(9)4-12-8-7(5)10-2-3-11-8/h4,10H,2-3H2,1H3,(H,11,12). The minimum Gasteiger partial charge on any atom is -0.380 e. The number of anilines is 2. The Hall–Kier alpha value is -0.770. The molecule has 3 nitrogen and oxygen atoms in total. The van der Waals surface area contributed by atoms with Crippen LogP contribution in [0.2, 0.25) is 0 Å². The number of hydrogen-bond donors (Lipinski definition) is 2. The van der Waals surface area contributed by atoms with Crippen LogP contribution >= 0.6 is 15.9 Å². The highest BCUT2D eigenvalue weighted by Crippen LogP contribution is 2.30. The maximum absolute atomic E-state index is 4.26. The zero-order valence-electron chi connectivity index (χ0n) is 6.82. The molecule has 1 aliphatic heterocycles. The monoisotopic (exact) mass is 227 g/mol. The Morgan fingerprint density at radius 1 is 1.42 bits per heavy atom. The van der Waals surface area contributed by atoms with Crippen LogP contribution in [-0.2, 0) is 0 Å². The predicted octanol–water partition coefficient (Wildman–Crippen LogP) is 1.99. The Labute approximate surface area is 79.7 Å². The van der Waals surface area contributed by atoms with Crippen molar-refractivity contribution >= 4 is 27.4 Å². The minimum absolute atomic E-state index is 0.946. The van der Waals surface area contributed by atoms with Gasteiger partial charge in [0.05, 0.1) is 5.69 Å². The Kier molecular flexibility index (Phi) is 1.92. The van der Waals surface area contributed by atoms with Crippen molar-refractivity contribution in [1.82, 2.24) is 4.98 Å². The third kappa shape index (κ3) is 1.16. The molecular formula is C8H10BrN3. The van der Waals surface area contributed by atoms with Gasteiger partial charge in [-0.25, -0.2) is 4.98 Å². The van der Waals surface area contributed by atoms with Gasteiger partial charge in [-0.15, -0.1) is 0 Å². The van der Waals surface area contributed by atoms with Gasteiger partial charge < -0.3 is 10.6 Å². The van der Waals surface area contributed by atoms with E-state index in [0.29, 0.717) is 0 Å². The lowest BCUT2D eigenvalue weighted by Gasteiger charge is -2.20. The first-order valence-electron chi connectivity index (χ1n) is 3.92. The lowest BCUT2D eigenvalue weighted by atomic mass is 10.2. The quantitative estimate of drug-likeness (QED) is 0.712. The molecule has 1 aromatic heterocycles. The van der Waals surface area contributed by atoms with Crippen LogP contribution in [0, 0.1) is 6.92 Å². The highest BCUT2D eigenvalue weighted by molar-refractivity contribution is 9.10. The van der Waals surface area contributed by atoms with E-state index in [1.807, 2.05) is 6.20 Å². The molecule has 0 spiro atoms. The van der Waals surface area contributed by atoms with Crippen molar-refractivity contribution in [3.8, 4) is 0 Å². The van der Waals surface area contributed by atoms with Crippen LogP contribution in [-0.4, -0.2) is 18.1 Å². The van der Waals surface area contributed by atoms with E-state index < -0.39 is 0 Å². The molecule has 0 saturated heterocycles. The maximum Gasteiger partial charge on any atom is 0.149 e. The average Bonchev–Trinajstić information content (AvgIpc) is 2.12. The predicted molar refractivity (Wildman–Crippen MR) is 53.7 cm³/mol. The summed E-state index contributed by atoms with van der Waals surface area (Å²) in [4.78, 5) is 4.26. The Balaban J connectivity index is 2.54. The van der Waals surface area contributed by atoms with E-state index in [1.165, 1.54) is 5.56 Å². The van der Waals surface area contributed by atoms with E-state index in [1.54, 1.807) is 0 Å². The van der Waals surface area contributed by atoms with Crippen LogP contribution in [0.1, 0.15) is 5.56 Å². The Morgan fingerprint density at radius 3 is 3.00 bits per heavy atom. The van der Waals surface area contributed by atoms with Gasteiger partial charge in [0.2, 0.25) is 0 Å². The Morgan fingerprint density at radius 2 is 2.17 bits per heavy atom. The smallest absolute Gasteiger partial charge is 0.149 e. The second-order valence-corrected chi connectivity index (χ2v) is 3.66. The first-order chi connectivity index (χ1) is 5.79. The van der Waals surface area contributed by atoms with Gasteiger partial charge in [-0.1, -0.05) is 0 Å². The summed E-state index contributed by atoms with van der Waals surface area (Å²) in [7, 11) is 0. The van der Waals surface area contributed by atoms with Gasteiger partial charge in [-0.05, 0) is 28.4 Å².